The van der Waals surface area contributed by atoms with Crippen LogP contribution in [-0.4, -0.2) is 38.9 Å². The molecule has 0 atom stereocenters. The Bertz CT molecular complexity index is 606. The number of rotatable bonds is 2. The van der Waals surface area contributed by atoms with E-state index in [1.165, 1.54) is 23.4 Å². The number of nitrogens with zero attached hydrogens (tertiary/aromatic N) is 1. The molecule has 1 N–H and O–H groups in total. The van der Waals surface area contributed by atoms with Gasteiger partial charge in [-0.05, 0) is 37.6 Å². The molecule has 1 aromatic carbocycles. The molecule has 0 bridgehead atoms. The summed E-state index contributed by atoms with van der Waals surface area (Å²) < 4.78 is 64.9. The fourth-order valence-electron chi connectivity index (χ4n) is 2.28. The average Bonchev–Trinajstić information content (AvgIpc) is 2.66. The largest absolute Gasteiger partial charge is 0.416 e. The second-order valence-electron chi connectivity index (χ2n) is 4.98. The lowest BCUT2D eigenvalue weighted by atomic mass is 10.1. The molecule has 1 aliphatic heterocycles. The Morgan fingerprint density at radius 2 is 1.90 bits per heavy atom. The lowest BCUT2D eigenvalue weighted by molar-refractivity contribution is -0.138. The third-order valence-corrected chi connectivity index (χ3v) is 5.35. The maximum Gasteiger partial charge on any atom is 0.416 e. The average molecular weight is 322 g/mol. The van der Waals surface area contributed by atoms with Crippen molar-refractivity contribution in [3.8, 4) is 0 Å². The lowest BCUT2D eigenvalue weighted by Gasteiger charge is -2.20. The van der Waals surface area contributed by atoms with Gasteiger partial charge in [-0.3, -0.25) is 0 Å². The molecule has 1 aromatic rings. The summed E-state index contributed by atoms with van der Waals surface area (Å²) in [5.74, 6) is 0. The summed E-state index contributed by atoms with van der Waals surface area (Å²) in [6, 6.07) is 3.16. The van der Waals surface area contributed by atoms with Gasteiger partial charge < -0.3 is 5.32 Å². The molecule has 118 valence electrons. The summed E-state index contributed by atoms with van der Waals surface area (Å²) in [7, 11) is -3.89. The van der Waals surface area contributed by atoms with Crippen LogP contribution >= 0.6 is 0 Å². The Balaban J connectivity index is 2.40. The van der Waals surface area contributed by atoms with E-state index in [0.717, 1.165) is 6.07 Å². The van der Waals surface area contributed by atoms with Crippen LogP contribution in [0.4, 0.5) is 13.2 Å². The van der Waals surface area contributed by atoms with Crippen molar-refractivity contribution in [2.45, 2.75) is 24.4 Å². The predicted octanol–water partition coefficient (Wildman–Crippen LogP) is 2.00. The molecule has 0 spiro atoms. The molecule has 0 aromatic heterocycles. The zero-order valence-electron chi connectivity index (χ0n) is 11.6. The summed E-state index contributed by atoms with van der Waals surface area (Å²) in [5.41, 5.74) is -0.893. The van der Waals surface area contributed by atoms with E-state index in [4.69, 9.17) is 0 Å². The van der Waals surface area contributed by atoms with Crippen LogP contribution in [0, 0.1) is 6.92 Å². The third-order valence-electron chi connectivity index (χ3n) is 3.45. The van der Waals surface area contributed by atoms with E-state index in [-0.39, 0.29) is 17.0 Å². The van der Waals surface area contributed by atoms with Crippen molar-refractivity contribution < 1.29 is 21.6 Å². The van der Waals surface area contributed by atoms with Crippen molar-refractivity contribution in [1.29, 1.82) is 0 Å². The number of alkyl halides is 3. The number of halogens is 3. The van der Waals surface area contributed by atoms with Gasteiger partial charge in [0, 0.05) is 19.6 Å². The van der Waals surface area contributed by atoms with Gasteiger partial charge in [-0.2, -0.15) is 17.5 Å². The second-order valence-corrected chi connectivity index (χ2v) is 6.92. The van der Waals surface area contributed by atoms with Crippen molar-refractivity contribution in [3.05, 3.63) is 29.3 Å². The molecule has 2 rings (SSSR count). The number of hydrogen-bond acceptors (Lipinski definition) is 3. The van der Waals surface area contributed by atoms with Gasteiger partial charge in [-0.25, -0.2) is 8.42 Å². The van der Waals surface area contributed by atoms with E-state index in [0.29, 0.717) is 26.1 Å². The summed E-state index contributed by atoms with van der Waals surface area (Å²) in [6.45, 7) is 3.09. The van der Waals surface area contributed by atoms with Crippen molar-refractivity contribution in [1.82, 2.24) is 9.62 Å². The number of benzene rings is 1. The Hall–Kier alpha value is -1.12. The van der Waals surface area contributed by atoms with E-state index in [1.807, 2.05) is 0 Å². The van der Waals surface area contributed by atoms with Gasteiger partial charge in [0.25, 0.3) is 0 Å². The van der Waals surface area contributed by atoms with Gasteiger partial charge in [-0.15, -0.1) is 0 Å². The van der Waals surface area contributed by atoms with Crippen LogP contribution in [0.1, 0.15) is 17.5 Å². The molecule has 4 nitrogen and oxygen atoms in total. The first-order valence-corrected chi connectivity index (χ1v) is 8.05. The first-order chi connectivity index (χ1) is 9.73. The van der Waals surface area contributed by atoms with Crippen LogP contribution < -0.4 is 5.32 Å². The van der Waals surface area contributed by atoms with Crippen LogP contribution in [0.2, 0.25) is 0 Å². The van der Waals surface area contributed by atoms with Gasteiger partial charge in [0.1, 0.15) is 0 Å². The van der Waals surface area contributed by atoms with Crippen LogP contribution in [-0.2, 0) is 16.2 Å². The van der Waals surface area contributed by atoms with Gasteiger partial charge in [0.05, 0.1) is 10.5 Å². The van der Waals surface area contributed by atoms with E-state index in [9.17, 15) is 21.6 Å². The van der Waals surface area contributed by atoms with Crippen molar-refractivity contribution in [2.24, 2.45) is 0 Å². The normalized spacial score (nSPS) is 18.5. The Morgan fingerprint density at radius 3 is 2.57 bits per heavy atom. The molecule has 0 radical (unpaired) electrons. The Morgan fingerprint density at radius 1 is 1.19 bits per heavy atom. The molecule has 0 saturated carbocycles. The molecular weight excluding hydrogens is 305 g/mol. The zero-order valence-corrected chi connectivity index (χ0v) is 12.4. The highest BCUT2D eigenvalue weighted by Crippen LogP contribution is 2.33. The first kappa shape index (κ1) is 16.3. The van der Waals surface area contributed by atoms with Gasteiger partial charge in [0.15, 0.2) is 0 Å². The summed E-state index contributed by atoms with van der Waals surface area (Å²) in [6.07, 6.45) is -3.92. The standard InChI is InChI=1S/C13H17F3N2O2S/c1-10-3-4-11(9-12(10)13(14,15)16)21(19,20)18-7-2-5-17-6-8-18/h3-4,9,17H,2,5-8H2,1H3. The topological polar surface area (TPSA) is 49.4 Å². The third kappa shape index (κ3) is 3.56. The minimum Gasteiger partial charge on any atom is -0.315 e. The quantitative estimate of drug-likeness (QED) is 0.906. The second kappa shape index (κ2) is 5.94. The van der Waals surface area contributed by atoms with Crippen molar-refractivity contribution >= 4 is 10.0 Å². The highest BCUT2D eigenvalue weighted by Gasteiger charge is 2.34. The molecule has 8 heteroatoms. The summed E-state index contributed by atoms with van der Waals surface area (Å²) >= 11 is 0. The number of nitrogens with one attached hydrogen (secondary N) is 1. The van der Waals surface area contributed by atoms with E-state index in [1.54, 1.807) is 0 Å². The van der Waals surface area contributed by atoms with Gasteiger partial charge in [0.2, 0.25) is 10.0 Å². The van der Waals surface area contributed by atoms with Crippen molar-refractivity contribution in [3.63, 3.8) is 0 Å². The maximum absolute atomic E-state index is 12.9. The summed E-state index contributed by atoms with van der Waals surface area (Å²) in [4.78, 5) is -0.303. The lowest BCUT2D eigenvalue weighted by Crippen LogP contribution is -2.34. The highest BCUT2D eigenvalue weighted by molar-refractivity contribution is 7.89. The van der Waals surface area contributed by atoms with Gasteiger partial charge >= 0.3 is 6.18 Å². The molecule has 1 heterocycles. The van der Waals surface area contributed by atoms with Gasteiger partial charge in [-0.1, -0.05) is 6.07 Å². The van der Waals surface area contributed by atoms with E-state index in [2.05, 4.69) is 5.32 Å². The minimum atomic E-state index is -4.56. The molecular formula is C13H17F3N2O2S. The van der Waals surface area contributed by atoms with E-state index < -0.39 is 21.8 Å². The predicted molar refractivity (Wildman–Crippen MR) is 72.4 cm³/mol. The Labute approximate surface area is 122 Å². The van der Waals surface area contributed by atoms with Crippen LogP contribution in [0.3, 0.4) is 0 Å². The maximum atomic E-state index is 12.9. The molecule has 0 aliphatic carbocycles. The molecule has 1 fully saturated rings. The monoisotopic (exact) mass is 322 g/mol. The summed E-state index contributed by atoms with van der Waals surface area (Å²) in [5, 5.41) is 3.06. The fourth-order valence-corrected chi connectivity index (χ4v) is 3.78. The van der Waals surface area contributed by atoms with E-state index >= 15 is 0 Å². The zero-order chi connectivity index (χ0) is 15.7. The molecule has 0 amide bonds. The fraction of sp³-hybridized carbons (Fsp3) is 0.538. The minimum absolute atomic E-state index is 0.0129. The Kier molecular flexibility index (Phi) is 4.60. The van der Waals surface area contributed by atoms with Crippen LogP contribution in [0.5, 0.6) is 0 Å². The number of hydrogen-bond donors (Lipinski definition) is 1. The number of aryl methyl sites for hydroxylation is 1. The molecule has 1 aliphatic rings. The smallest absolute Gasteiger partial charge is 0.315 e. The molecule has 0 unspecified atom stereocenters. The van der Waals surface area contributed by atoms with Crippen LogP contribution in [0.15, 0.2) is 23.1 Å². The van der Waals surface area contributed by atoms with Crippen molar-refractivity contribution in [2.75, 3.05) is 26.2 Å². The number of sulfonamides is 1. The first-order valence-electron chi connectivity index (χ1n) is 6.61. The van der Waals surface area contributed by atoms with Crippen LogP contribution in [0.25, 0.3) is 0 Å². The SMILES string of the molecule is Cc1ccc(S(=O)(=O)N2CCCNCC2)cc1C(F)(F)F. The molecule has 21 heavy (non-hydrogen) atoms. The molecule has 1 saturated heterocycles. The highest BCUT2D eigenvalue weighted by atomic mass is 32.2.